The molecule has 1 aromatic carbocycles. The molecule has 0 aliphatic heterocycles. The second-order valence-corrected chi connectivity index (χ2v) is 5.80. The molecule has 1 amide bonds. The first-order valence-corrected chi connectivity index (χ1v) is 7.24. The van der Waals surface area contributed by atoms with Gasteiger partial charge in [0.05, 0.1) is 6.10 Å². The SMILES string of the molecule is O=C(CCc1cc(F)ccc1Br)NCC(O)C1CC1. The number of aliphatic hydroxyl groups is 1. The molecule has 0 heterocycles. The molecule has 3 nitrogen and oxygen atoms in total. The van der Waals surface area contributed by atoms with E-state index in [-0.39, 0.29) is 11.7 Å². The van der Waals surface area contributed by atoms with Crippen molar-refractivity contribution in [1.82, 2.24) is 5.32 Å². The van der Waals surface area contributed by atoms with Gasteiger partial charge < -0.3 is 10.4 Å². The summed E-state index contributed by atoms with van der Waals surface area (Å²) in [7, 11) is 0. The summed E-state index contributed by atoms with van der Waals surface area (Å²) in [5.41, 5.74) is 0.776. The maximum Gasteiger partial charge on any atom is 0.220 e. The molecule has 1 aliphatic rings. The molecule has 1 aliphatic carbocycles. The van der Waals surface area contributed by atoms with Crippen molar-refractivity contribution in [3.8, 4) is 0 Å². The van der Waals surface area contributed by atoms with Crippen molar-refractivity contribution in [2.24, 2.45) is 5.92 Å². The van der Waals surface area contributed by atoms with Crippen LogP contribution in [-0.4, -0.2) is 23.7 Å². The van der Waals surface area contributed by atoms with E-state index in [1.54, 1.807) is 6.07 Å². The number of nitrogens with one attached hydrogen (secondary N) is 1. The molecule has 2 N–H and O–H groups in total. The molecule has 0 aromatic heterocycles. The number of rotatable bonds is 6. The van der Waals surface area contributed by atoms with Gasteiger partial charge in [0.25, 0.3) is 0 Å². The molecule has 19 heavy (non-hydrogen) atoms. The van der Waals surface area contributed by atoms with Crippen LogP contribution >= 0.6 is 15.9 Å². The number of amides is 1. The van der Waals surface area contributed by atoms with Gasteiger partial charge in [0, 0.05) is 17.4 Å². The highest BCUT2D eigenvalue weighted by Gasteiger charge is 2.29. The third kappa shape index (κ3) is 4.58. The molecule has 1 fully saturated rings. The van der Waals surface area contributed by atoms with E-state index in [1.165, 1.54) is 12.1 Å². The molecule has 2 rings (SSSR count). The minimum absolute atomic E-state index is 0.115. The molecule has 1 unspecified atom stereocenters. The Labute approximate surface area is 120 Å². The molecule has 104 valence electrons. The third-order valence-corrected chi connectivity index (χ3v) is 4.08. The monoisotopic (exact) mass is 329 g/mol. The van der Waals surface area contributed by atoms with Crippen LogP contribution in [-0.2, 0) is 11.2 Å². The number of hydrogen-bond donors (Lipinski definition) is 2. The molecule has 1 saturated carbocycles. The zero-order chi connectivity index (χ0) is 13.8. The van der Waals surface area contributed by atoms with Gasteiger partial charge >= 0.3 is 0 Å². The Morgan fingerprint density at radius 2 is 2.26 bits per heavy atom. The lowest BCUT2D eigenvalue weighted by molar-refractivity contribution is -0.121. The molecule has 0 bridgehead atoms. The summed E-state index contributed by atoms with van der Waals surface area (Å²) in [6.45, 7) is 0.313. The van der Waals surface area contributed by atoms with Crippen LogP contribution in [0.5, 0.6) is 0 Å². The fourth-order valence-corrected chi connectivity index (χ4v) is 2.38. The maximum atomic E-state index is 13.1. The first kappa shape index (κ1) is 14.5. The summed E-state index contributed by atoms with van der Waals surface area (Å²) in [5.74, 6) is -0.0590. The van der Waals surface area contributed by atoms with E-state index < -0.39 is 6.10 Å². The van der Waals surface area contributed by atoms with E-state index in [1.807, 2.05) is 0 Å². The summed E-state index contributed by atoms with van der Waals surface area (Å²) in [6, 6.07) is 4.44. The van der Waals surface area contributed by atoms with Crippen LogP contribution in [0.1, 0.15) is 24.8 Å². The zero-order valence-corrected chi connectivity index (χ0v) is 12.1. The highest BCUT2D eigenvalue weighted by molar-refractivity contribution is 9.10. The predicted molar refractivity (Wildman–Crippen MR) is 74.2 cm³/mol. The quantitative estimate of drug-likeness (QED) is 0.842. The maximum absolute atomic E-state index is 13.1. The minimum atomic E-state index is -0.426. The Morgan fingerprint density at radius 3 is 2.95 bits per heavy atom. The highest BCUT2D eigenvalue weighted by atomic mass is 79.9. The number of hydrogen-bond acceptors (Lipinski definition) is 2. The summed E-state index contributed by atoms with van der Waals surface area (Å²) >= 11 is 3.33. The van der Waals surface area contributed by atoms with Crippen LogP contribution in [0.2, 0.25) is 0 Å². The van der Waals surface area contributed by atoms with Crippen molar-refractivity contribution >= 4 is 21.8 Å². The largest absolute Gasteiger partial charge is 0.391 e. The number of benzene rings is 1. The van der Waals surface area contributed by atoms with Crippen LogP contribution in [0.25, 0.3) is 0 Å². The van der Waals surface area contributed by atoms with E-state index in [4.69, 9.17) is 0 Å². The number of aliphatic hydroxyl groups excluding tert-OH is 1. The van der Waals surface area contributed by atoms with Gasteiger partial charge in [-0.05, 0) is 48.9 Å². The Bertz CT molecular complexity index is 463. The Balaban J connectivity index is 1.74. The smallest absolute Gasteiger partial charge is 0.220 e. The van der Waals surface area contributed by atoms with E-state index in [0.717, 1.165) is 22.9 Å². The molecular weight excluding hydrogens is 313 g/mol. The van der Waals surface area contributed by atoms with Gasteiger partial charge in [-0.25, -0.2) is 4.39 Å². The molecule has 0 radical (unpaired) electrons. The summed E-state index contributed by atoms with van der Waals surface area (Å²) in [5, 5.41) is 12.3. The lowest BCUT2D eigenvalue weighted by Gasteiger charge is -2.11. The van der Waals surface area contributed by atoms with Gasteiger partial charge in [-0.3, -0.25) is 4.79 Å². The first-order chi connectivity index (χ1) is 9.06. The van der Waals surface area contributed by atoms with Gasteiger partial charge in [-0.1, -0.05) is 15.9 Å². The predicted octanol–water partition coefficient (Wildman–Crippen LogP) is 2.41. The fourth-order valence-electron chi connectivity index (χ4n) is 1.94. The van der Waals surface area contributed by atoms with Crippen molar-refractivity contribution in [3.63, 3.8) is 0 Å². The minimum Gasteiger partial charge on any atom is -0.391 e. The standard InChI is InChI=1S/C14H17BrFNO2/c15-12-5-4-11(16)7-10(12)3-6-14(19)17-8-13(18)9-1-2-9/h4-5,7,9,13,18H,1-3,6,8H2,(H,17,19). The van der Waals surface area contributed by atoms with Gasteiger partial charge in [0.1, 0.15) is 5.82 Å². The second-order valence-electron chi connectivity index (χ2n) is 4.94. The third-order valence-electron chi connectivity index (χ3n) is 3.30. The first-order valence-electron chi connectivity index (χ1n) is 6.45. The van der Waals surface area contributed by atoms with E-state index in [2.05, 4.69) is 21.2 Å². The normalized spacial score (nSPS) is 16.2. The van der Waals surface area contributed by atoms with Gasteiger partial charge in [-0.2, -0.15) is 0 Å². The van der Waals surface area contributed by atoms with E-state index >= 15 is 0 Å². The summed E-state index contributed by atoms with van der Waals surface area (Å²) < 4.78 is 13.9. The van der Waals surface area contributed by atoms with Crippen molar-refractivity contribution in [2.45, 2.75) is 31.8 Å². The van der Waals surface area contributed by atoms with Gasteiger partial charge in [0.2, 0.25) is 5.91 Å². The van der Waals surface area contributed by atoms with E-state index in [9.17, 15) is 14.3 Å². The fraction of sp³-hybridized carbons (Fsp3) is 0.500. The molecular formula is C14H17BrFNO2. The van der Waals surface area contributed by atoms with Crippen molar-refractivity contribution < 1.29 is 14.3 Å². The van der Waals surface area contributed by atoms with Crippen molar-refractivity contribution in [3.05, 3.63) is 34.1 Å². The Kier molecular flexibility index (Phi) is 4.93. The number of aryl methyl sites for hydroxylation is 1. The number of carbonyl (C=O) groups excluding carboxylic acids is 1. The highest BCUT2D eigenvalue weighted by Crippen LogP contribution is 2.32. The van der Waals surface area contributed by atoms with E-state index in [0.29, 0.717) is 25.3 Å². The van der Waals surface area contributed by atoms with Crippen LogP contribution in [0.4, 0.5) is 4.39 Å². The average Bonchev–Trinajstić information content (AvgIpc) is 3.21. The molecule has 5 heteroatoms. The van der Waals surface area contributed by atoms with Crippen LogP contribution in [0.3, 0.4) is 0 Å². The second kappa shape index (κ2) is 6.48. The summed E-state index contributed by atoms with van der Waals surface area (Å²) in [6.07, 6.45) is 2.44. The lowest BCUT2D eigenvalue weighted by Crippen LogP contribution is -2.33. The average molecular weight is 330 g/mol. The van der Waals surface area contributed by atoms with Crippen LogP contribution < -0.4 is 5.32 Å². The summed E-state index contributed by atoms with van der Waals surface area (Å²) in [4.78, 5) is 11.6. The van der Waals surface area contributed by atoms with Crippen LogP contribution in [0.15, 0.2) is 22.7 Å². The van der Waals surface area contributed by atoms with Gasteiger partial charge in [-0.15, -0.1) is 0 Å². The Hall–Kier alpha value is -0.940. The Morgan fingerprint density at radius 1 is 1.53 bits per heavy atom. The number of halogens is 2. The van der Waals surface area contributed by atoms with Crippen molar-refractivity contribution in [2.75, 3.05) is 6.54 Å². The number of carbonyl (C=O) groups is 1. The van der Waals surface area contributed by atoms with Crippen molar-refractivity contribution in [1.29, 1.82) is 0 Å². The molecule has 0 saturated heterocycles. The van der Waals surface area contributed by atoms with Gasteiger partial charge in [0.15, 0.2) is 0 Å². The topological polar surface area (TPSA) is 49.3 Å². The molecule has 0 spiro atoms. The lowest BCUT2D eigenvalue weighted by atomic mass is 10.1. The zero-order valence-electron chi connectivity index (χ0n) is 10.5. The van der Waals surface area contributed by atoms with Crippen LogP contribution in [0, 0.1) is 11.7 Å². The molecule has 1 aromatic rings. The molecule has 1 atom stereocenters.